The first-order valence-corrected chi connectivity index (χ1v) is 8.87. The zero-order chi connectivity index (χ0) is 20.3. The quantitative estimate of drug-likeness (QED) is 0.581. The minimum Gasteiger partial charge on any atom is -0.497 e. The smallest absolute Gasteiger partial charge is 0.326 e. The molecule has 1 aliphatic heterocycles. The Kier molecular flexibility index (Phi) is 5.46. The third-order valence-electron chi connectivity index (χ3n) is 4.66. The lowest BCUT2D eigenvalue weighted by molar-refractivity contribution is -0.144. The van der Waals surface area contributed by atoms with Crippen LogP contribution in [0, 0.1) is 0 Å². The zero-order valence-corrected chi connectivity index (χ0v) is 15.7. The molecule has 1 atom stereocenters. The van der Waals surface area contributed by atoms with Crippen LogP contribution >= 0.6 is 0 Å². The van der Waals surface area contributed by atoms with Gasteiger partial charge in [-0.3, -0.25) is 19.3 Å². The number of fused-ring (bicyclic) bond motifs is 1. The van der Waals surface area contributed by atoms with E-state index in [0.29, 0.717) is 22.6 Å². The monoisotopic (exact) mass is 383 g/mol. The molecular formula is C21H21NO6. The van der Waals surface area contributed by atoms with E-state index in [1.807, 2.05) is 0 Å². The van der Waals surface area contributed by atoms with E-state index in [4.69, 9.17) is 9.47 Å². The van der Waals surface area contributed by atoms with Crippen molar-refractivity contribution in [1.82, 2.24) is 0 Å². The standard InChI is InChI=1S/C21H21NO6/c1-3-28-19(24)13-22-17-7-5-4-6-16(17)21(26,20(22)25)12-18(23)14-8-10-15(27-2)11-9-14/h4-11,26H,3,12-13H2,1-2H3/t21-/m1/s1. The van der Waals surface area contributed by atoms with Crippen LogP contribution in [0.1, 0.15) is 29.3 Å². The van der Waals surface area contributed by atoms with Gasteiger partial charge in [0.1, 0.15) is 12.3 Å². The molecule has 0 bridgehead atoms. The first-order chi connectivity index (χ1) is 13.4. The van der Waals surface area contributed by atoms with Crippen LogP contribution in [0.15, 0.2) is 48.5 Å². The largest absolute Gasteiger partial charge is 0.497 e. The van der Waals surface area contributed by atoms with E-state index in [9.17, 15) is 19.5 Å². The summed E-state index contributed by atoms with van der Waals surface area (Å²) < 4.78 is 9.99. The number of methoxy groups -OCH3 is 1. The lowest BCUT2D eigenvalue weighted by Crippen LogP contribution is -2.44. The first-order valence-electron chi connectivity index (χ1n) is 8.87. The van der Waals surface area contributed by atoms with Crippen LogP contribution in [0.3, 0.4) is 0 Å². The molecule has 28 heavy (non-hydrogen) atoms. The van der Waals surface area contributed by atoms with E-state index < -0.39 is 29.7 Å². The second-order valence-corrected chi connectivity index (χ2v) is 6.40. The van der Waals surface area contributed by atoms with E-state index in [0.717, 1.165) is 4.90 Å². The van der Waals surface area contributed by atoms with Crippen LogP contribution in [0.5, 0.6) is 5.75 Å². The van der Waals surface area contributed by atoms with Crippen LogP contribution < -0.4 is 9.64 Å². The number of carbonyl (C=O) groups is 3. The topological polar surface area (TPSA) is 93.1 Å². The average Bonchev–Trinajstić information content (AvgIpc) is 2.90. The molecule has 0 unspecified atom stereocenters. The van der Waals surface area contributed by atoms with Crippen molar-refractivity contribution in [2.45, 2.75) is 18.9 Å². The van der Waals surface area contributed by atoms with Gasteiger partial charge in [0.05, 0.1) is 25.8 Å². The number of carbonyl (C=O) groups excluding carboxylic acids is 3. The number of ether oxygens (including phenoxy) is 2. The fourth-order valence-electron chi connectivity index (χ4n) is 3.28. The SMILES string of the molecule is CCOC(=O)CN1C(=O)[C@@](O)(CC(=O)c2ccc(OC)cc2)c2ccccc21. The summed E-state index contributed by atoms with van der Waals surface area (Å²) in [5.41, 5.74) is -1.000. The number of Topliss-reactive ketones (excluding diaryl/α,β-unsaturated/α-hetero) is 1. The van der Waals surface area contributed by atoms with Crippen molar-refractivity contribution < 1.29 is 29.0 Å². The molecule has 1 N–H and O–H groups in total. The number of para-hydroxylation sites is 1. The average molecular weight is 383 g/mol. The molecule has 0 aliphatic carbocycles. The molecule has 2 aromatic carbocycles. The Morgan fingerprint density at radius 2 is 1.79 bits per heavy atom. The van der Waals surface area contributed by atoms with Crippen LogP contribution in [0.25, 0.3) is 0 Å². The zero-order valence-electron chi connectivity index (χ0n) is 15.7. The number of anilines is 1. The van der Waals surface area contributed by atoms with Gasteiger partial charge in [-0.15, -0.1) is 0 Å². The second kappa shape index (κ2) is 7.82. The molecule has 0 aromatic heterocycles. The lowest BCUT2D eigenvalue weighted by Gasteiger charge is -2.22. The maximum Gasteiger partial charge on any atom is 0.326 e. The van der Waals surface area contributed by atoms with Crippen molar-refractivity contribution in [2.24, 2.45) is 0 Å². The summed E-state index contributed by atoms with van der Waals surface area (Å²) in [5, 5.41) is 11.2. The Hall–Kier alpha value is -3.19. The summed E-state index contributed by atoms with van der Waals surface area (Å²) >= 11 is 0. The van der Waals surface area contributed by atoms with E-state index in [2.05, 4.69) is 0 Å². The summed E-state index contributed by atoms with van der Waals surface area (Å²) in [7, 11) is 1.52. The molecule has 0 saturated carbocycles. The number of hydrogen-bond acceptors (Lipinski definition) is 6. The molecule has 2 aromatic rings. The van der Waals surface area contributed by atoms with Gasteiger partial charge in [-0.2, -0.15) is 0 Å². The van der Waals surface area contributed by atoms with E-state index in [1.165, 1.54) is 7.11 Å². The van der Waals surface area contributed by atoms with Gasteiger partial charge < -0.3 is 14.6 Å². The number of ketones is 1. The van der Waals surface area contributed by atoms with Gasteiger partial charge in [0.2, 0.25) is 0 Å². The predicted octanol–water partition coefficient (Wildman–Crippen LogP) is 2.07. The van der Waals surface area contributed by atoms with Gasteiger partial charge in [0.15, 0.2) is 11.4 Å². The molecule has 1 amide bonds. The molecule has 0 saturated heterocycles. The number of nitrogens with zero attached hydrogens (tertiary/aromatic N) is 1. The number of benzene rings is 2. The Morgan fingerprint density at radius 1 is 1.11 bits per heavy atom. The molecule has 7 nitrogen and oxygen atoms in total. The van der Waals surface area contributed by atoms with Crippen LogP contribution in [0.2, 0.25) is 0 Å². The first kappa shape index (κ1) is 19.6. The number of esters is 1. The van der Waals surface area contributed by atoms with Gasteiger partial charge in [-0.05, 0) is 37.3 Å². The van der Waals surface area contributed by atoms with E-state index in [1.54, 1.807) is 55.5 Å². The van der Waals surface area contributed by atoms with Crippen molar-refractivity contribution in [3.8, 4) is 5.75 Å². The maximum absolute atomic E-state index is 13.0. The van der Waals surface area contributed by atoms with Gasteiger partial charge >= 0.3 is 5.97 Å². The molecular weight excluding hydrogens is 362 g/mol. The summed E-state index contributed by atoms with van der Waals surface area (Å²) in [5.74, 6) is -1.11. The molecule has 3 rings (SSSR count). The van der Waals surface area contributed by atoms with Gasteiger partial charge in [0, 0.05) is 11.1 Å². The lowest BCUT2D eigenvalue weighted by atomic mass is 9.88. The van der Waals surface area contributed by atoms with Crippen molar-refractivity contribution >= 4 is 23.3 Å². The molecule has 7 heteroatoms. The minimum absolute atomic E-state index is 0.183. The number of amides is 1. The molecule has 146 valence electrons. The minimum atomic E-state index is -2.04. The van der Waals surface area contributed by atoms with Crippen molar-refractivity contribution in [1.29, 1.82) is 0 Å². The molecule has 1 aliphatic rings. The van der Waals surface area contributed by atoms with E-state index in [-0.39, 0.29) is 13.2 Å². The molecule has 0 spiro atoms. The Morgan fingerprint density at radius 3 is 2.43 bits per heavy atom. The fraction of sp³-hybridized carbons (Fsp3) is 0.286. The molecule has 1 heterocycles. The Labute approximate surface area is 162 Å². The van der Waals surface area contributed by atoms with Crippen molar-refractivity contribution in [3.05, 3.63) is 59.7 Å². The van der Waals surface area contributed by atoms with Crippen molar-refractivity contribution in [2.75, 3.05) is 25.2 Å². The second-order valence-electron chi connectivity index (χ2n) is 6.40. The summed E-state index contributed by atoms with van der Waals surface area (Å²) in [6.45, 7) is 1.52. The molecule has 0 fully saturated rings. The highest BCUT2D eigenvalue weighted by Gasteiger charge is 2.51. The maximum atomic E-state index is 13.0. The summed E-state index contributed by atoms with van der Waals surface area (Å²) in [6, 6.07) is 13.0. The highest BCUT2D eigenvalue weighted by molar-refractivity contribution is 6.12. The summed E-state index contributed by atoms with van der Waals surface area (Å²) in [4.78, 5) is 38.8. The molecule has 0 radical (unpaired) electrons. The van der Waals surface area contributed by atoms with Gasteiger partial charge in [-0.25, -0.2) is 0 Å². The highest BCUT2D eigenvalue weighted by atomic mass is 16.5. The Bertz CT molecular complexity index is 907. The Balaban J connectivity index is 1.89. The van der Waals surface area contributed by atoms with Crippen molar-refractivity contribution in [3.63, 3.8) is 0 Å². The van der Waals surface area contributed by atoms with Crippen LogP contribution in [0.4, 0.5) is 5.69 Å². The normalized spacial score (nSPS) is 18.0. The predicted molar refractivity (Wildman–Crippen MR) is 101 cm³/mol. The van der Waals surface area contributed by atoms with E-state index >= 15 is 0 Å². The third kappa shape index (κ3) is 3.48. The third-order valence-corrected chi connectivity index (χ3v) is 4.66. The summed E-state index contributed by atoms with van der Waals surface area (Å²) in [6.07, 6.45) is -0.436. The number of rotatable bonds is 7. The number of hydrogen-bond donors (Lipinski definition) is 1. The fourth-order valence-corrected chi connectivity index (χ4v) is 3.28. The van der Waals surface area contributed by atoms with Crippen LogP contribution in [-0.2, 0) is 19.9 Å². The number of aliphatic hydroxyl groups is 1. The van der Waals surface area contributed by atoms with Crippen LogP contribution in [-0.4, -0.2) is 43.0 Å². The van der Waals surface area contributed by atoms with Gasteiger partial charge in [-0.1, -0.05) is 18.2 Å². The highest BCUT2D eigenvalue weighted by Crippen LogP contribution is 2.42. The van der Waals surface area contributed by atoms with Gasteiger partial charge in [0.25, 0.3) is 5.91 Å².